The van der Waals surface area contributed by atoms with Gasteiger partial charge in [0.25, 0.3) is 0 Å². The molecule has 1 heterocycles. The van der Waals surface area contributed by atoms with E-state index < -0.39 is 11.2 Å². The lowest BCUT2D eigenvalue weighted by Gasteiger charge is -2.35. The minimum atomic E-state index is -0.886. The van der Waals surface area contributed by atoms with Crippen molar-refractivity contribution in [1.82, 2.24) is 0 Å². The first-order valence-electron chi connectivity index (χ1n) is 7.08. The van der Waals surface area contributed by atoms with Gasteiger partial charge in [-0.25, -0.2) is 4.79 Å². The molecule has 3 aliphatic rings. The van der Waals surface area contributed by atoms with Crippen molar-refractivity contribution >= 4 is 5.97 Å². The first kappa shape index (κ1) is 13.1. The summed E-state index contributed by atoms with van der Waals surface area (Å²) in [4.78, 5) is 11.7. The summed E-state index contributed by atoms with van der Waals surface area (Å²) in [5.74, 6) is -0.189. The molecule has 106 valence electrons. The first-order valence-corrected chi connectivity index (χ1v) is 7.08. The molecule has 2 saturated carbocycles. The summed E-state index contributed by atoms with van der Waals surface area (Å²) < 4.78 is 5.37. The summed E-state index contributed by atoms with van der Waals surface area (Å²) >= 11 is 0. The highest BCUT2D eigenvalue weighted by Gasteiger charge is 2.55. The number of carbonyl (C=O) groups excluding carboxylic acids is 1. The summed E-state index contributed by atoms with van der Waals surface area (Å²) in [7, 11) is 0. The van der Waals surface area contributed by atoms with Gasteiger partial charge in [-0.15, -0.1) is 0 Å². The van der Waals surface area contributed by atoms with Crippen molar-refractivity contribution in [1.29, 1.82) is 0 Å². The Morgan fingerprint density at radius 1 is 1.21 bits per heavy atom. The van der Waals surface area contributed by atoms with Gasteiger partial charge in [-0.3, -0.25) is 0 Å². The van der Waals surface area contributed by atoms with Crippen molar-refractivity contribution in [3.05, 3.63) is 11.1 Å². The quantitative estimate of drug-likeness (QED) is 0.653. The average Bonchev–Trinajstić information content (AvgIpc) is 2.66. The molecule has 1 unspecified atom stereocenters. The Balaban J connectivity index is 2.04. The Hall–Kier alpha value is -0.870. The van der Waals surface area contributed by atoms with Crippen molar-refractivity contribution < 1.29 is 19.7 Å². The van der Waals surface area contributed by atoms with Crippen LogP contribution >= 0.6 is 0 Å². The maximum atomic E-state index is 11.7. The fourth-order valence-corrected chi connectivity index (χ4v) is 4.25. The molecule has 0 aromatic carbocycles. The van der Waals surface area contributed by atoms with E-state index in [2.05, 4.69) is 0 Å². The molecule has 0 saturated heterocycles. The standard InChI is InChI=1S/C15H22O4/c1-8-9-6-11-10(4-5-14(11,2)17)15(3,18)7-12(9)19-13(8)16/h10-12,17-18H,4-7H2,1-3H3/t10-,11-,12-,14-,15?/m0/s1. The smallest absolute Gasteiger partial charge is 0.334 e. The molecule has 4 heteroatoms. The summed E-state index contributed by atoms with van der Waals surface area (Å²) in [6.07, 6.45) is 2.35. The number of ether oxygens (including phenoxy) is 1. The van der Waals surface area contributed by atoms with Crippen LogP contribution in [0.25, 0.3) is 0 Å². The van der Waals surface area contributed by atoms with Crippen molar-refractivity contribution in [2.75, 3.05) is 0 Å². The molecule has 0 aromatic heterocycles. The molecule has 2 N–H and O–H groups in total. The lowest BCUT2D eigenvalue weighted by molar-refractivity contribution is -0.142. The van der Waals surface area contributed by atoms with E-state index in [0.717, 1.165) is 12.0 Å². The number of fused-ring (bicyclic) bond motifs is 2. The minimum Gasteiger partial charge on any atom is -0.454 e. The maximum absolute atomic E-state index is 11.7. The van der Waals surface area contributed by atoms with Crippen LogP contribution in [-0.2, 0) is 9.53 Å². The fraction of sp³-hybridized carbons (Fsp3) is 0.800. The highest BCUT2D eigenvalue weighted by Crippen LogP contribution is 2.53. The molecule has 0 radical (unpaired) electrons. The Bertz CT molecular complexity index is 461. The molecule has 19 heavy (non-hydrogen) atoms. The zero-order valence-electron chi connectivity index (χ0n) is 11.8. The van der Waals surface area contributed by atoms with Crippen LogP contribution in [0.5, 0.6) is 0 Å². The number of aliphatic hydroxyl groups is 2. The van der Waals surface area contributed by atoms with Gasteiger partial charge in [0.15, 0.2) is 0 Å². The zero-order chi connectivity index (χ0) is 14.0. The van der Waals surface area contributed by atoms with E-state index in [9.17, 15) is 15.0 Å². The van der Waals surface area contributed by atoms with Gasteiger partial charge >= 0.3 is 5.97 Å². The lowest BCUT2D eigenvalue weighted by atomic mass is 9.76. The van der Waals surface area contributed by atoms with Crippen LogP contribution in [0.4, 0.5) is 0 Å². The highest BCUT2D eigenvalue weighted by atomic mass is 16.5. The predicted molar refractivity (Wildman–Crippen MR) is 69.3 cm³/mol. The van der Waals surface area contributed by atoms with E-state index in [1.54, 1.807) is 6.92 Å². The van der Waals surface area contributed by atoms with Crippen LogP contribution in [0.3, 0.4) is 0 Å². The molecule has 3 rings (SSSR count). The van der Waals surface area contributed by atoms with Crippen molar-refractivity contribution in [3.63, 3.8) is 0 Å². The van der Waals surface area contributed by atoms with Crippen LogP contribution in [0.15, 0.2) is 11.1 Å². The van der Waals surface area contributed by atoms with Gasteiger partial charge in [0.1, 0.15) is 6.10 Å². The highest BCUT2D eigenvalue weighted by molar-refractivity contribution is 5.91. The Kier molecular flexibility index (Phi) is 2.64. The third-order valence-corrected chi connectivity index (χ3v) is 5.51. The second-order valence-corrected chi connectivity index (χ2v) is 6.92. The zero-order valence-corrected chi connectivity index (χ0v) is 11.8. The third kappa shape index (κ3) is 1.84. The molecule has 0 amide bonds. The molecular formula is C15H22O4. The number of esters is 1. The third-order valence-electron chi connectivity index (χ3n) is 5.51. The molecule has 0 aromatic rings. The minimum absolute atomic E-state index is 0.00644. The number of hydrogen-bond acceptors (Lipinski definition) is 4. The lowest BCUT2D eigenvalue weighted by Crippen LogP contribution is -2.41. The molecule has 2 aliphatic carbocycles. The van der Waals surface area contributed by atoms with Crippen LogP contribution < -0.4 is 0 Å². The van der Waals surface area contributed by atoms with Gasteiger partial charge in [0.2, 0.25) is 0 Å². The monoisotopic (exact) mass is 266 g/mol. The van der Waals surface area contributed by atoms with Gasteiger partial charge in [0.05, 0.1) is 11.2 Å². The van der Waals surface area contributed by atoms with E-state index >= 15 is 0 Å². The number of hydrogen-bond donors (Lipinski definition) is 2. The summed E-state index contributed by atoms with van der Waals surface area (Å²) in [6, 6.07) is 0. The molecule has 0 spiro atoms. The van der Waals surface area contributed by atoms with Crippen LogP contribution in [0, 0.1) is 11.8 Å². The van der Waals surface area contributed by atoms with Gasteiger partial charge in [-0.05, 0) is 57.4 Å². The molecular weight excluding hydrogens is 244 g/mol. The van der Waals surface area contributed by atoms with Gasteiger partial charge in [0, 0.05) is 12.0 Å². The SMILES string of the molecule is CC1=C2C[C@H]3[C@H](CC[C@]3(C)O)C(C)(O)C[C@@H]2OC1=O. The summed E-state index contributed by atoms with van der Waals surface area (Å²) in [5, 5.41) is 21.3. The summed E-state index contributed by atoms with van der Waals surface area (Å²) in [6.45, 7) is 5.45. The second kappa shape index (κ2) is 3.83. The molecule has 4 nitrogen and oxygen atoms in total. The van der Waals surface area contributed by atoms with Gasteiger partial charge < -0.3 is 14.9 Å². The predicted octanol–water partition coefficient (Wildman–Crippen LogP) is 1.55. The van der Waals surface area contributed by atoms with Gasteiger partial charge in [-0.1, -0.05) is 0 Å². The topological polar surface area (TPSA) is 66.8 Å². The van der Waals surface area contributed by atoms with Crippen LogP contribution in [-0.4, -0.2) is 33.5 Å². The Morgan fingerprint density at radius 3 is 2.58 bits per heavy atom. The average molecular weight is 266 g/mol. The fourth-order valence-electron chi connectivity index (χ4n) is 4.25. The molecule has 2 fully saturated rings. The van der Waals surface area contributed by atoms with E-state index in [1.807, 2.05) is 13.8 Å². The number of carbonyl (C=O) groups is 1. The van der Waals surface area contributed by atoms with Crippen LogP contribution in [0.1, 0.15) is 46.5 Å². The molecule has 0 bridgehead atoms. The number of rotatable bonds is 0. The first-order chi connectivity index (χ1) is 8.72. The van der Waals surface area contributed by atoms with E-state index in [0.29, 0.717) is 24.8 Å². The van der Waals surface area contributed by atoms with Crippen molar-refractivity contribution in [2.45, 2.75) is 63.8 Å². The largest absolute Gasteiger partial charge is 0.454 e. The van der Waals surface area contributed by atoms with Crippen LogP contribution in [0.2, 0.25) is 0 Å². The van der Waals surface area contributed by atoms with Crippen molar-refractivity contribution in [2.24, 2.45) is 11.8 Å². The van der Waals surface area contributed by atoms with E-state index in [1.165, 1.54) is 0 Å². The normalized spacial score (nSPS) is 49.7. The summed E-state index contributed by atoms with van der Waals surface area (Å²) in [5.41, 5.74) is 0.00869. The molecule has 1 aliphatic heterocycles. The van der Waals surface area contributed by atoms with Crippen molar-refractivity contribution in [3.8, 4) is 0 Å². The Morgan fingerprint density at radius 2 is 1.89 bits per heavy atom. The van der Waals surface area contributed by atoms with E-state index in [4.69, 9.17) is 4.74 Å². The van der Waals surface area contributed by atoms with E-state index in [-0.39, 0.29) is 23.9 Å². The van der Waals surface area contributed by atoms with Gasteiger partial charge in [-0.2, -0.15) is 0 Å². The maximum Gasteiger partial charge on any atom is 0.334 e. The second-order valence-electron chi connectivity index (χ2n) is 6.92. The molecule has 5 atom stereocenters. The Labute approximate surface area is 113 Å².